The van der Waals surface area contributed by atoms with Gasteiger partial charge in [0.2, 0.25) is 0 Å². The Bertz CT molecular complexity index is 488. The molecule has 1 aromatic carbocycles. The maximum absolute atomic E-state index is 12.1. The summed E-state index contributed by atoms with van der Waals surface area (Å²) >= 11 is 0. The molecule has 1 fully saturated rings. The lowest BCUT2D eigenvalue weighted by Gasteiger charge is -2.27. The predicted molar refractivity (Wildman–Crippen MR) is 82.8 cm³/mol. The summed E-state index contributed by atoms with van der Waals surface area (Å²) in [6, 6.07) is 7.38. The van der Waals surface area contributed by atoms with E-state index < -0.39 is 0 Å². The summed E-state index contributed by atoms with van der Waals surface area (Å²) in [7, 11) is 0. The molecule has 2 rings (SSSR count). The SMILES string of the molecule is CC(=O)C1CCC(CNC(=O)c2ccc(CN)cc2)CC1. The molecule has 0 heterocycles. The van der Waals surface area contributed by atoms with E-state index in [1.165, 1.54) is 0 Å². The van der Waals surface area contributed by atoms with Gasteiger partial charge < -0.3 is 11.1 Å². The van der Waals surface area contributed by atoms with E-state index in [4.69, 9.17) is 5.73 Å². The average Bonchev–Trinajstić information content (AvgIpc) is 2.53. The molecule has 0 aromatic heterocycles. The van der Waals surface area contributed by atoms with Gasteiger partial charge in [-0.1, -0.05) is 12.1 Å². The zero-order valence-corrected chi connectivity index (χ0v) is 12.6. The molecule has 0 radical (unpaired) electrons. The quantitative estimate of drug-likeness (QED) is 0.873. The predicted octanol–water partition coefficient (Wildman–Crippen LogP) is 2.27. The highest BCUT2D eigenvalue weighted by Gasteiger charge is 2.24. The van der Waals surface area contributed by atoms with Crippen molar-refractivity contribution in [3.8, 4) is 0 Å². The van der Waals surface area contributed by atoms with Crippen LogP contribution in [0.25, 0.3) is 0 Å². The van der Waals surface area contributed by atoms with Crippen LogP contribution in [0.2, 0.25) is 0 Å². The second-order valence-electron chi connectivity index (χ2n) is 5.94. The molecule has 1 aromatic rings. The van der Waals surface area contributed by atoms with Crippen molar-refractivity contribution in [1.82, 2.24) is 5.32 Å². The third-order valence-electron chi connectivity index (χ3n) is 4.42. The van der Waals surface area contributed by atoms with Gasteiger partial charge in [0.25, 0.3) is 5.91 Å². The number of carbonyl (C=O) groups excluding carboxylic acids is 2. The number of amides is 1. The van der Waals surface area contributed by atoms with Crippen LogP contribution in [0.4, 0.5) is 0 Å². The number of nitrogens with one attached hydrogen (secondary N) is 1. The molecule has 0 unspecified atom stereocenters. The Kier molecular flexibility index (Phi) is 5.51. The Morgan fingerprint density at radius 1 is 1.14 bits per heavy atom. The van der Waals surface area contributed by atoms with Crippen molar-refractivity contribution in [3.63, 3.8) is 0 Å². The summed E-state index contributed by atoms with van der Waals surface area (Å²) in [5.41, 5.74) is 7.23. The van der Waals surface area contributed by atoms with Crippen molar-refractivity contribution in [3.05, 3.63) is 35.4 Å². The maximum atomic E-state index is 12.1. The van der Waals surface area contributed by atoms with E-state index in [1.807, 2.05) is 24.3 Å². The molecule has 0 aliphatic heterocycles. The first kappa shape index (κ1) is 15.7. The second-order valence-corrected chi connectivity index (χ2v) is 5.94. The van der Waals surface area contributed by atoms with Gasteiger partial charge in [0.15, 0.2) is 0 Å². The first-order valence-corrected chi connectivity index (χ1v) is 7.67. The number of carbonyl (C=O) groups is 2. The van der Waals surface area contributed by atoms with E-state index in [9.17, 15) is 9.59 Å². The first-order valence-electron chi connectivity index (χ1n) is 7.67. The molecule has 0 spiro atoms. The normalized spacial score (nSPS) is 21.8. The van der Waals surface area contributed by atoms with E-state index in [0.717, 1.165) is 31.2 Å². The molecule has 0 bridgehead atoms. The minimum Gasteiger partial charge on any atom is -0.352 e. The van der Waals surface area contributed by atoms with E-state index in [1.54, 1.807) is 6.92 Å². The molecule has 1 aliphatic rings. The van der Waals surface area contributed by atoms with Crippen molar-refractivity contribution < 1.29 is 9.59 Å². The van der Waals surface area contributed by atoms with E-state index in [-0.39, 0.29) is 11.8 Å². The van der Waals surface area contributed by atoms with E-state index >= 15 is 0 Å². The fourth-order valence-corrected chi connectivity index (χ4v) is 2.90. The van der Waals surface area contributed by atoms with Crippen LogP contribution < -0.4 is 11.1 Å². The van der Waals surface area contributed by atoms with E-state index in [2.05, 4.69) is 5.32 Å². The number of hydrogen-bond acceptors (Lipinski definition) is 3. The van der Waals surface area contributed by atoms with Gasteiger partial charge >= 0.3 is 0 Å². The molecule has 0 saturated heterocycles. The van der Waals surface area contributed by atoms with Crippen LogP contribution in [0.1, 0.15) is 48.5 Å². The Morgan fingerprint density at radius 2 is 1.76 bits per heavy atom. The Morgan fingerprint density at radius 3 is 2.29 bits per heavy atom. The summed E-state index contributed by atoms with van der Waals surface area (Å²) in [6.45, 7) is 2.86. The number of nitrogens with two attached hydrogens (primary N) is 1. The van der Waals surface area contributed by atoms with Crippen LogP contribution in [0.15, 0.2) is 24.3 Å². The lowest BCUT2D eigenvalue weighted by molar-refractivity contribution is -0.121. The zero-order chi connectivity index (χ0) is 15.2. The summed E-state index contributed by atoms with van der Waals surface area (Å²) in [5.74, 6) is 0.998. The van der Waals surface area contributed by atoms with Gasteiger partial charge in [-0.3, -0.25) is 9.59 Å². The van der Waals surface area contributed by atoms with Crippen LogP contribution >= 0.6 is 0 Å². The molecule has 1 aliphatic carbocycles. The third kappa shape index (κ3) is 4.39. The van der Waals surface area contributed by atoms with Gasteiger partial charge in [-0.25, -0.2) is 0 Å². The molecular formula is C17H24N2O2. The summed E-state index contributed by atoms with van der Waals surface area (Å²) in [5, 5.41) is 3.00. The van der Waals surface area contributed by atoms with Gasteiger partial charge in [-0.2, -0.15) is 0 Å². The van der Waals surface area contributed by atoms with Gasteiger partial charge in [0.05, 0.1) is 0 Å². The number of hydrogen-bond donors (Lipinski definition) is 2. The van der Waals surface area contributed by atoms with Crippen molar-refractivity contribution in [2.75, 3.05) is 6.54 Å². The Balaban J connectivity index is 1.77. The minimum absolute atomic E-state index is 0.0349. The lowest BCUT2D eigenvalue weighted by atomic mass is 9.80. The third-order valence-corrected chi connectivity index (χ3v) is 4.42. The lowest BCUT2D eigenvalue weighted by Crippen LogP contribution is -2.32. The highest BCUT2D eigenvalue weighted by molar-refractivity contribution is 5.94. The van der Waals surface area contributed by atoms with Crippen molar-refractivity contribution in [2.45, 2.75) is 39.2 Å². The van der Waals surface area contributed by atoms with Crippen LogP contribution in [-0.4, -0.2) is 18.2 Å². The van der Waals surface area contributed by atoms with E-state index in [0.29, 0.717) is 30.4 Å². The fraction of sp³-hybridized carbons (Fsp3) is 0.529. The van der Waals surface area contributed by atoms with Gasteiger partial charge in [-0.15, -0.1) is 0 Å². The molecule has 3 N–H and O–H groups in total. The molecule has 114 valence electrons. The molecule has 1 saturated carbocycles. The summed E-state index contributed by atoms with van der Waals surface area (Å²) in [4.78, 5) is 23.4. The monoisotopic (exact) mass is 288 g/mol. The van der Waals surface area contributed by atoms with Crippen molar-refractivity contribution >= 4 is 11.7 Å². The van der Waals surface area contributed by atoms with Crippen LogP contribution in [0.5, 0.6) is 0 Å². The largest absolute Gasteiger partial charge is 0.352 e. The Hall–Kier alpha value is -1.68. The standard InChI is InChI=1S/C17H24N2O2/c1-12(20)15-6-4-14(5-7-15)11-19-17(21)16-8-2-13(10-18)3-9-16/h2-3,8-9,14-15H,4-7,10-11,18H2,1H3,(H,19,21). The molecule has 0 atom stereocenters. The van der Waals surface area contributed by atoms with Gasteiger partial charge in [0.1, 0.15) is 5.78 Å². The van der Waals surface area contributed by atoms with Crippen molar-refractivity contribution in [2.24, 2.45) is 17.6 Å². The fourth-order valence-electron chi connectivity index (χ4n) is 2.90. The Labute approximate surface area is 126 Å². The first-order chi connectivity index (χ1) is 10.1. The second kappa shape index (κ2) is 7.36. The van der Waals surface area contributed by atoms with Crippen LogP contribution in [0.3, 0.4) is 0 Å². The molecule has 4 heteroatoms. The molecule has 1 amide bonds. The smallest absolute Gasteiger partial charge is 0.251 e. The minimum atomic E-state index is -0.0349. The summed E-state index contributed by atoms with van der Waals surface area (Å²) in [6.07, 6.45) is 3.97. The van der Waals surface area contributed by atoms with Gasteiger partial charge in [0, 0.05) is 24.6 Å². The van der Waals surface area contributed by atoms with Crippen molar-refractivity contribution in [1.29, 1.82) is 0 Å². The number of benzene rings is 1. The average molecular weight is 288 g/mol. The number of Topliss-reactive ketones (excluding diaryl/α,β-unsaturated/α-hetero) is 1. The molecule has 21 heavy (non-hydrogen) atoms. The van der Waals surface area contributed by atoms with Crippen LogP contribution in [-0.2, 0) is 11.3 Å². The topological polar surface area (TPSA) is 72.2 Å². The zero-order valence-electron chi connectivity index (χ0n) is 12.6. The summed E-state index contributed by atoms with van der Waals surface area (Å²) < 4.78 is 0. The van der Waals surface area contributed by atoms with Gasteiger partial charge in [-0.05, 0) is 56.2 Å². The molecular weight excluding hydrogens is 264 g/mol. The van der Waals surface area contributed by atoms with Crippen LogP contribution in [0, 0.1) is 11.8 Å². The number of ketones is 1. The highest BCUT2D eigenvalue weighted by atomic mass is 16.1. The molecule has 4 nitrogen and oxygen atoms in total. The highest BCUT2D eigenvalue weighted by Crippen LogP contribution is 2.28. The number of rotatable bonds is 5. The maximum Gasteiger partial charge on any atom is 0.251 e.